The number of aromatic nitrogens is 1. The third kappa shape index (κ3) is 4.16. The minimum Gasteiger partial charge on any atom is -0.356 e. The quantitative estimate of drug-likeness (QED) is 0.262. The summed E-state index contributed by atoms with van der Waals surface area (Å²) in [6.45, 7) is 3.72. The van der Waals surface area contributed by atoms with Crippen LogP contribution < -0.4 is 5.32 Å². The second kappa shape index (κ2) is 8.02. The Balaban J connectivity index is 1.71. The summed E-state index contributed by atoms with van der Waals surface area (Å²) in [5, 5.41) is 7.70. The standard InChI is InChI=1S/C22H15FI2N2O2/c1-11-3-4-16(18(23)5-11)21-17-6-12(2)19(10-20(17)29-27-21)26-22(28)13-7-14(24)9-15(25)8-13/h3-10H,1-2H3,(H,26,28). The number of anilines is 1. The molecule has 1 N–H and O–H groups in total. The van der Waals surface area contributed by atoms with E-state index in [2.05, 4.69) is 55.7 Å². The van der Waals surface area contributed by atoms with Crippen LogP contribution >= 0.6 is 45.2 Å². The van der Waals surface area contributed by atoms with Gasteiger partial charge in [0, 0.05) is 30.0 Å². The lowest BCUT2D eigenvalue weighted by Gasteiger charge is -2.09. The van der Waals surface area contributed by atoms with Gasteiger partial charge in [-0.2, -0.15) is 0 Å². The Morgan fingerprint density at radius 3 is 2.45 bits per heavy atom. The van der Waals surface area contributed by atoms with Crippen molar-refractivity contribution in [3.05, 3.63) is 78.2 Å². The van der Waals surface area contributed by atoms with Crippen LogP contribution in [0.2, 0.25) is 0 Å². The van der Waals surface area contributed by atoms with E-state index in [-0.39, 0.29) is 11.7 Å². The Morgan fingerprint density at radius 2 is 1.76 bits per heavy atom. The van der Waals surface area contributed by atoms with Crippen LogP contribution in [0.25, 0.3) is 22.2 Å². The van der Waals surface area contributed by atoms with Gasteiger partial charge in [-0.25, -0.2) is 4.39 Å². The van der Waals surface area contributed by atoms with Gasteiger partial charge in [0.1, 0.15) is 11.5 Å². The summed E-state index contributed by atoms with van der Waals surface area (Å²) in [5.41, 5.74) is 4.21. The SMILES string of the molecule is Cc1ccc(-c2noc3cc(NC(=O)c4cc(I)cc(I)c4)c(C)cc23)c(F)c1. The highest BCUT2D eigenvalue weighted by atomic mass is 127. The van der Waals surface area contributed by atoms with Crippen molar-refractivity contribution in [2.24, 2.45) is 0 Å². The van der Waals surface area contributed by atoms with E-state index in [1.165, 1.54) is 6.07 Å². The molecule has 0 bridgehead atoms. The number of nitrogens with one attached hydrogen (secondary N) is 1. The van der Waals surface area contributed by atoms with Gasteiger partial charge < -0.3 is 9.84 Å². The largest absolute Gasteiger partial charge is 0.356 e. The first kappa shape index (κ1) is 20.3. The molecule has 146 valence electrons. The molecular formula is C22H15FI2N2O2. The number of halogens is 3. The summed E-state index contributed by atoms with van der Waals surface area (Å²) in [7, 11) is 0. The Kier molecular flexibility index (Phi) is 5.60. The van der Waals surface area contributed by atoms with Crippen molar-refractivity contribution >= 4 is 67.7 Å². The number of fused-ring (bicyclic) bond motifs is 1. The lowest BCUT2D eigenvalue weighted by atomic mass is 10.0. The maximum Gasteiger partial charge on any atom is 0.255 e. The third-order valence-corrected chi connectivity index (χ3v) is 5.82. The number of nitrogens with zero attached hydrogens (tertiary/aromatic N) is 1. The Labute approximate surface area is 194 Å². The van der Waals surface area contributed by atoms with E-state index in [4.69, 9.17) is 4.52 Å². The Hall–Kier alpha value is -2.01. The molecule has 0 atom stereocenters. The molecular weight excluding hydrogens is 597 g/mol. The van der Waals surface area contributed by atoms with Crippen LogP contribution in [0.15, 0.2) is 53.1 Å². The number of benzene rings is 3. The van der Waals surface area contributed by atoms with Gasteiger partial charge in [0.25, 0.3) is 5.91 Å². The fourth-order valence-corrected chi connectivity index (χ4v) is 5.05. The number of carbonyl (C=O) groups is 1. The third-order valence-electron chi connectivity index (χ3n) is 4.57. The molecule has 1 aromatic heterocycles. The maximum atomic E-state index is 14.4. The van der Waals surface area contributed by atoms with Gasteiger partial charge in [0.2, 0.25) is 0 Å². The number of carbonyl (C=O) groups excluding carboxylic acids is 1. The topological polar surface area (TPSA) is 55.1 Å². The molecule has 4 rings (SSSR count). The van der Waals surface area contributed by atoms with Crippen molar-refractivity contribution < 1.29 is 13.7 Å². The molecule has 3 aromatic carbocycles. The average Bonchev–Trinajstić information content (AvgIpc) is 3.03. The summed E-state index contributed by atoms with van der Waals surface area (Å²) >= 11 is 4.38. The zero-order valence-corrected chi connectivity index (χ0v) is 19.8. The van der Waals surface area contributed by atoms with Crippen molar-refractivity contribution in [2.75, 3.05) is 5.32 Å². The van der Waals surface area contributed by atoms with E-state index in [9.17, 15) is 9.18 Å². The van der Waals surface area contributed by atoms with E-state index >= 15 is 0 Å². The maximum absolute atomic E-state index is 14.4. The van der Waals surface area contributed by atoms with Crippen LogP contribution in [0.4, 0.5) is 10.1 Å². The van der Waals surface area contributed by atoms with E-state index in [0.717, 1.165) is 18.3 Å². The molecule has 0 saturated heterocycles. The minimum absolute atomic E-state index is 0.201. The summed E-state index contributed by atoms with van der Waals surface area (Å²) in [6, 6.07) is 14.2. The first-order valence-electron chi connectivity index (χ1n) is 8.76. The van der Waals surface area contributed by atoms with Crippen LogP contribution in [0.3, 0.4) is 0 Å². The zero-order chi connectivity index (χ0) is 20.7. The predicted octanol–water partition coefficient (Wildman–Crippen LogP) is 6.71. The van der Waals surface area contributed by atoms with Crippen LogP contribution in [-0.2, 0) is 0 Å². The smallest absolute Gasteiger partial charge is 0.255 e. The van der Waals surface area contributed by atoms with Gasteiger partial charge in [0.15, 0.2) is 5.58 Å². The molecule has 0 aliphatic carbocycles. The predicted molar refractivity (Wildman–Crippen MR) is 129 cm³/mol. The van der Waals surface area contributed by atoms with Gasteiger partial charge in [0.05, 0.1) is 5.39 Å². The fourth-order valence-electron chi connectivity index (χ4n) is 3.11. The number of rotatable bonds is 3. The lowest BCUT2D eigenvalue weighted by molar-refractivity contribution is 0.102. The fraction of sp³-hybridized carbons (Fsp3) is 0.0909. The Morgan fingerprint density at radius 1 is 1.03 bits per heavy atom. The summed E-state index contributed by atoms with van der Waals surface area (Å²) in [6.07, 6.45) is 0. The van der Waals surface area contributed by atoms with Crippen LogP contribution in [-0.4, -0.2) is 11.1 Å². The van der Waals surface area contributed by atoms with Crippen molar-refractivity contribution in [1.82, 2.24) is 5.16 Å². The van der Waals surface area contributed by atoms with E-state index < -0.39 is 0 Å². The highest BCUT2D eigenvalue weighted by Crippen LogP contribution is 2.33. The summed E-state index contributed by atoms with van der Waals surface area (Å²) in [4.78, 5) is 12.7. The van der Waals surface area contributed by atoms with Crippen LogP contribution in [0.1, 0.15) is 21.5 Å². The minimum atomic E-state index is -0.344. The number of hydrogen-bond donors (Lipinski definition) is 1. The lowest BCUT2D eigenvalue weighted by Crippen LogP contribution is -2.13. The van der Waals surface area contributed by atoms with Gasteiger partial charge in [-0.1, -0.05) is 11.2 Å². The van der Waals surface area contributed by atoms with Crippen molar-refractivity contribution in [1.29, 1.82) is 0 Å². The second-order valence-corrected chi connectivity index (χ2v) is 9.28. The van der Waals surface area contributed by atoms with Gasteiger partial charge in [-0.05, 0) is 107 Å². The monoisotopic (exact) mass is 612 g/mol. The van der Waals surface area contributed by atoms with Crippen LogP contribution in [0.5, 0.6) is 0 Å². The number of hydrogen-bond acceptors (Lipinski definition) is 3. The van der Waals surface area contributed by atoms with Crippen molar-refractivity contribution in [3.63, 3.8) is 0 Å². The first-order chi connectivity index (χ1) is 13.8. The van der Waals surface area contributed by atoms with Crippen molar-refractivity contribution in [2.45, 2.75) is 13.8 Å². The molecule has 4 aromatic rings. The van der Waals surface area contributed by atoms with Gasteiger partial charge in [-0.15, -0.1) is 0 Å². The van der Waals surface area contributed by atoms with Gasteiger partial charge in [-0.3, -0.25) is 4.79 Å². The van der Waals surface area contributed by atoms with Crippen molar-refractivity contribution in [3.8, 4) is 11.3 Å². The highest BCUT2D eigenvalue weighted by molar-refractivity contribution is 14.1. The van der Waals surface area contributed by atoms with E-state index in [1.807, 2.05) is 44.2 Å². The molecule has 0 unspecified atom stereocenters. The molecule has 29 heavy (non-hydrogen) atoms. The first-order valence-corrected chi connectivity index (χ1v) is 10.9. The highest BCUT2D eigenvalue weighted by Gasteiger charge is 2.17. The summed E-state index contributed by atoms with van der Waals surface area (Å²) in [5.74, 6) is -0.545. The average molecular weight is 612 g/mol. The zero-order valence-electron chi connectivity index (χ0n) is 15.5. The van der Waals surface area contributed by atoms with Crippen LogP contribution in [0, 0.1) is 26.8 Å². The van der Waals surface area contributed by atoms with E-state index in [0.29, 0.717) is 33.5 Å². The van der Waals surface area contributed by atoms with E-state index in [1.54, 1.807) is 12.1 Å². The molecule has 4 nitrogen and oxygen atoms in total. The molecule has 0 aliphatic heterocycles. The second-order valence-electron chi connectivity index (χ2n) is 6.79. The number of amides is 1. The molecule has 0 fully saturated rings. The number of aryl methyl sites for hydroxylation is 2. The Bertz CT molecular complexity index is 1250. The molecule has 7 heteroatoms. The molecule has 1 heterocycles. The van der Waals surface area contributed by atoms with Gasteiger partial charge >= 0.3 is 0 Å². The molecule has 1 amide bonds. The summed E-state index contributed by atoms with van der Waals surface area (Å²) < 4.78 is 21.8. The molecule has 0 spiro atoms. The normalized spacial score (nSPS) is 11.1. The molecule has 0 radical (unpaired) electrons. The molecule has 0 aliphatic rings. The molecule has 0 saturated carbocycles.